The SMILES string of the molecule is C[C@@H](CCc1ccco1)NC(=O)CCCn1c(=O)oc2ccccc21. The van der Waals surface area contributed by atoms with E-state index in [2.05, 4.69) is 5.32 Å². The van der Waals surface area contributed by atoms with E-state index in [1.807, 2.05) is 37.3 Å². The Hall–Kier alpha value is -2.76. The molecule has 0 radical (unpaired) electrons. The van der Waals surface area contributed by atoms with Gasteiger partial charge in [0.15, 0.2) is 5.58 Å². The van der Waals surface area contributed by atoms with Crippen molar-refractivity contribution in [3.8, 4) is 0 Å². The van der Waals surface area contributed by atoms with Crippen LogP contribution in [-0.4, -0.2) is 16.5 Å². The zero-order valence-corrected chi connectivity index (χ0v) is 14.2. The Morgan fingerprint density at radius 1 is 1.24 bits per heavy atom. The van der Waals surface area contributed by atoms with Gasteiger partial charge in [0.05, 0.1) is 11.8 Å². The van der Waals surface area contributed by atoms with Crippen LogP contribution in [0, 0.1) is 0 Å². The predicted octanol–water partition coefficient (Wildman–Crippen LogP) is 3.11. The second kappa shape index (κ2) is 7.88. The molecule has 25 heavy (non-hydrogen) atoms. The van der Waals surface area contributed by atoms with Crippen molar-refractivity contribution in [2.24, 2.45) is 0 Å². The van der Waals surface area contributed by atoms with Gasteiger partial charge in [0, 0.05) is 25.4 Å². The molecule has 3 aromatic rings. The van der Waals surface area contributed by atoms with Crippen molar-refractivity contribution < 1.29 is 13.6 Å². The zero-order chi connectivity index (χ0) is 17.6. The van der Waals surface area contributed by atoms with E-state index < -0.39 is 0 Å². The number of para-hydroxylation sites is 2. The van der Waals surface area contributed by atoms with Gasteiger partial charge in [-0.25, -0.2) is 4.79 Å². The minimum Gasteiger partial charge on any atom is -0.469 e. The monoisotopic (exact) mass is 342 g/mol. The van der Waals surface area contributed by atoms with Crippen LogP contribution in [0.15, 0.2) is 56.3 Å². The summed E-state index contributed by atoms with van der Waals surface area (Å²) in [5.74, 6) is 0.536. The Morgan fingerprint density at radius 2 is 2.08 bits per heavy atom. The van der Waals surface area contributed by atoms with E-state index in [1.54, 1.807) is 16.9 Å². The Bertz CT molecular complexity index is 876. The van der Waals surface area contributed by atoms with Gasteiger partial charge in [0.25, 0.3) is 0 Å². The molecule has 0 saturated carbocycles. The van der Waals surface area contributed by atoms with Gasteiger partial charge < -0.3 is 14.2 Å². The van der Waals surface area contributed by atoms with Crippen molar-refractivity contribution in [1.29, 1.82) is 0 Å². The largest absolute Gasteiger partial charge is 0.469 e. The van der Waals surface area contributed by atoms with E-state index in [-0.39, 0.29) is 17.7 Å². The van der Waals surface area contributed by atoms with E-state index in [0.717, 1.165) is 24.1 Å². The maximum Gasteiger partial charge on any atom is 0.419 e. The highest BCUT2D eigenvalue weighted by Crippen LogP contribution is 2.12. The van der Waals surface area contributed by atoms with Crippen LogP contribution in [0.1, 0.15) is 31.9 Å². The molecule has 3 rings (SSSR count). The van der Waals surface area contributed by atoms with Gasteiger partial charge in [-0.15, -0.1) is 0 Å². The molecule has 0 unspecified atom stereocenters. The zero-order valence-electron chi connectivity index (χ0n) is 14.2. The third kappa shape index (κ3) is 4.41. The molecule has 2 heterocycles. The van der Waals surface area contributed by atoms with Gasteiger partial charge in [-0.3, -0.25) is 9.36 Å². The lowest BCUT2D eigenvalue weighted by Crippen LogP contribution is -2.33. The molecular weight excluding hydrogens is 320 g/mol. The lowest BCUT2D eigenvalue weighted by Gasteiger charge is -2.13. The topological polar surface area (TPSA) is 77.4 Å². The smallest absolute Gasteiger partial charge is 0.419 e. The lowest BCUT2D eigenvalue weighted by molar-refractivity contribution is -0.121. The molecule has 1 N–H and O–H groups in total. The molecular formula is C19H22N2O4. The van der Waals surface area contributed by atoms with E-state index in [1.165, 1.54) is 0 Å². The summed E-state index contributed by atoms with van der Waals surface area (Å²) in [6.45, 7) is 2.44. The summed E-state index contributed by atoms with van der Waals surface area (Å²) in [5.41, 5.74) is 1.34. The first kappa shape index (κ1) is 17.1. The molecule has 0 aliphatic carbocycles. The number of carbonyl (C=O) groups excluding carboxylic acids is 1. The molecule has 0 saturated heterocycles. The number of oxazole rings is 1. The Kier molecular flexibility index (Phi) is 5.38. The van der Waals surface area contributed by atoms with E-state index >= 15 is 0 Å². The summed E-state index contributed by atoms with van der Waals surface area (Å²) in [7, 11) is 0. The second-order valence-electron chi connectivity index (χ2n) is 6.18. The highest BCUT2D eigenvalue weighted by Gasteiger charge is 2.11. The molecule has 0 bridgehead atoms. The summed E-state index contributed by atoms with van der Waals surface area (Å²) in [6.07, 6.45) is 4.23. The third-order valence-corrected chi connectivity index (χ3v) is 4.17. The Labute approximate surface area is 145 Å². The van der Waals surface area contributed by atoms with Crippen LogP contribution in [0.25, 0.3) is 11.1 Å². The number of rotatable bonds is 8. The number of carbonyl (C=O) groups is 1. The number of amides is 1. The summed E-state index contributed by atoms with van der Waals surface area (Å²) in [4.78, 5) is 23.9. The van der Waals surface area contributed by atoms with Crippen molar-refractivity contribution in [3.05, 3.63) is 59.0 Å². The van der Waals surface area contributed by atoms with Gasteiger partial charge in [0.1, 0.15) is 5.76 Å². The number of hydrogen-bond acceptors (Lipinski definition) is 4. The van der Waals surface area contributed by atoms with E-state index in [4.69, 9.17) is 8.83 Å². The molecule has 1 atom stereocenters. The molecule has 132 valence electrons. The fraction of sp³-hybridized carbons (Fsp3) is 0.368. The van der Waals surface area contributed by atoms with Gasteiger partial charge >= 0.3 is 5.76 Å². The fourth-order valence-corrected chi connectivity index (χ4v) is 2.86. The molecule has 1 amide bonds. The summed E-state index contributed by atoms with van der Waals surface area (Å²) in [6, 6.07) is 11.2. The van der Waals surface area contributed by atoms with Crippen molar-refractivity contribution >= 4 is 17.0 Å². The Balaban J connectivity index is 1.44. The average Bonchev–Trinajstić information content (AvgIpc) is 3.21. The standard InChI is InChI=1S/C19H22N2O4/c1-14(10-11-15-6-5-13-24-15)20-18(22)9-4-12-21-16-7-2-3-8-17(16)25-19(21)23/h2-3,5-8,13-14H,4,9-12H2,1H3,(H,20,22)/t14-/m0/s1. The van der Waals surface area contributed by atoms with Gasteiger partial charge in [-0.2, -0.15) is 0 Å². The number of fused-ring (bicyclic) bond motifs is 1. The molecule has 0 fully saturated rings. The minimum absolute atomic E-state index is 0.00667. The summed E-state index contributed by atoms with van der Waals surface area (Å²) >= 11 is 0. The summed E-state index contributed by atoms with van der Waals surface area (Å²) in [5, 5.41) is 2.98. The molecule has 6 nitrogen and oxygen atoms in total. The van der Waals surface area contributed by atoms with Crippen LogP contribution in [0.4, 0.5) is 0 Å². The minimum atomic E-state index is -0.381. The molecule has 0 spiro atoms. The number of nitrogens with zero attached hydrogens (tertiary/aromatic N) is 1. The highest BCUT2D eigenvalue weighted by molar-refractivity contribution is 5.76. The Morgan fingerprint density at radius 3 is 2.88 bits per heavy atom. The number of furan rings is 1. The number of hydrogen-bond donors (Lipinski definition) is 1. The van der Waals surface area contributed by atoms with Crippen molar-refractivity contribution in [2.45, 2.75) is 45.2 Å². The molecule has 6 heteroatoms. The number of aromatic nitrogens is 1. The number of nitrogens with one attached hydrogen (secondary N) is 1. The van der Waals surface area contributed by atoms with Gasteiger partial charge in [0.2, 0.25) is 5.91 Å². The third-order valence-electron chi connectivity index (χ3n) is 4.17. The van der Waals surface area contributed by atoms with Crippen LogP contribution in [0.3, 0.4) is 0 Å². The highest BCUT2D eigenvalue weighted by atomic mass is 16.4. The van der Waals surface area contributed by atoms with E-state index in [9.17, 15) is 9.59 Å². The van der Waals surface area contributed by atoms with Crippen LogP contribution < -0.4 is 11.1 Å². The first-order valence-electron chi connectivity index (χ1n) is 8.53. The average molecular weight is 342 g/mol. The van der Waals surface area contributed by atoms with Crippen molar-refractivity contribution in [2.75, 3.05) is 0 Å². The fourth-order valence-electron chi connectivity index (χ4n) is 2.86. The van der Waals surface area contributed by atoms with Crippen LogP contribution in [0.5, 0.6) is 0 Å². The summed E-state index contributed by atoms with van der Waals surface area (Å²) < 4.78 is 12.0. The van der Waals surface area contributed by atoms with Gasteiger partial charge in [-0.05, 0) is 44.0 Å². The lowest BCUT2D eigenvalue weighted by atomic mass is 10.1. The van der Waals surface area contributed by atoms with Gasteiger partial charge in [-0.1, -0.05) is 12.1 Å². The van der Waals surface area contributed by atoms with Crippen LogP contribution in [0.2, 0.25) is 0 Å². The first-order chi connectivity index (χ1) is 12.1. The van der Waals surface area contributed by atoms with Crippen molar-refractivity contribution in [1.82, 2.24) is 9.88 Å². The van der Waals surface area contributed by atoms with Crippen LogP contribution in [-0.2, 0) is 17.8 Å². The number of benzene rings is 1. The van der Waals surface area contributed by atoms with E-state index in [0.29, 0.717) is 25.0 Å². The maximum absolute atomic E-state index is 12.0. The molecule has 2 aromatic heterocycles. The molecule has 0 aliphatic rings. The number of aryl methyl sites for hydroxylation is 2. The normalized spacial score (nSPS) is 12.4. The molecule has 0 aliphatic heterocycles. The second-order valence-corrected chi connectivity index (χ2v) is 6.18. The van der Waals surface area contributed by atoms with Crippen LogP contribution >= 0.6 is 0 Å². The quantitative estimate of drug-likeness (QED) is 0.682. The maximum atomic E-state index is 12.0. The predicted molar refractivity (Wildman–Crippen MR) is 94.3 cm³/mol. The van der Waals surface area contributed by atoms with Crippen molar-refractivity contribution in [3.63, 3.8) is 0 Å². The molecule has 1 aromatic carbocycles. The first-order valence-corrected chi connectivity index (χ1v) is 8.53.